The summed E-state index contributed by atoms with van der Waals surface area (Å²) in [6.07, 6.45) is 1.93. The molecule has 0 radical (unpaired) electrons. The van der Waals surface area contributed by atoms with Gasteiger partial charge in [-0.15, -0.1) is 11.8 Å². The average Bonchev–Trinajstić information content (AvgIpc) is 3.32. The summed E-state index contributed by atoms with van der Waals surface area (Å²) in [5, 5.41) is 4.90. The molecule has 1 aromatic heterocycles. The second kappa shape index (κ2) is 11.8. The molecular weight excluding hydrogens is 547 g/mol. The lowest BCUT2D eigenvalue weighted by atomic mass is 9.99. The summed E-state index contributed by atoms with van der Waals surface area (Å²) < 4.78 is 15.9. The van der Waals surface area contributed by atoms with Gasteiger partial charge in [0.2, 0.25) is 11.8 Å². The van der Waals surface area contributed by atoms with Crippen LogP contribution >= 0.6 is 11.8 Å². The smallest absolute Gasteiger partial charge is 0.242 e. The van der Waals surface area contributed by atoms with Gasteiger partial charge < -0.3 is 4.90 Å². The number of hydrogen-bond acceptors (Lipinski definition) is 4. The zero-order valence-electron chi connectivity index (χ0n) is 24.2. The summed E-state index contributed by atoms with van der Waals surface area (Å²) in [6, 6.07) is 22.5. The number of piperidine rings is 1. The second-order valence-corrected chi connectivity index (χ2v) is 12.5. The van der Waals surface area contributed by atoms with Gasteiger partial charge in [-0.1, -0.05) is 61.5 Å². The fraction of sp³-hybridized carbons (Fsp3) is 0.324. The predicted molar refractivity (Wildman–Crippen MR) is 167 cm³/mol. The van der Waals surface area contributed by atoms with E-state index in [1.54, 1.807) is 17.0 Å². The van der Waals surface area contributed by atoms with E-state index in [4.69, 9.17) is 5.10 Å². The van der Waals surface area contributed by atoms with Crippen molar-refractivity contribution in [3.63, 3.8) is 0 Å². The molecule has 216 valence electrons. The van der Waals surface area contributed by atoms with Crippen LogP contribution in [0.15, 0.2) is 72.8 Å². The third kappa shape index (κ3) is 5.36. The first-order valence-corrected chi connectivity index (χ1v) is 15.6. The van der Waals surface area contributed by atoms with Gasteiger partial charge in [0, 0.05) is 24.2 Å². The number of anilines is 1. The van der Waals surface area contributed by atoms with Gasteiger partial charge in [0.1, 0.15) is 18.2 Å². The maximum Gasteiger partial charge on any atom is 0.242 e. The molecule has 0 bridgehead atoms. The lowest BCUT2D eigenvalue weighted by Gasteiger charge is -2.32. The van der Waals surface area contributed by atoms with E-state index in [-0.39, 0.29) is 35.2 Å². The molecule has 8 heteroatoms. The molecule has 4 aromatic rings. The molecule has 2 aliphatic rings. The predicted octanol–water partition coefficient (Wildman–Crippen LogP) is 6.72. The number of fused-ring (bicyclic) bond motifs is 1. The lowest BCUT2D eigenvalue weighted by Crippen LogP contribution is -2.46. The van der Waals surface area contributed by atoms with Gasteiger partial charge in [0.05, 0.1) is 22.4 Å². The van der Waals surface area contributed by atoms with Crippen molar-refractivity contribution in [2.45, 2.75) is 38.9 Å². The fourth-order valence-corrected chi connectivity index (χ4v) is 7.05. The minimum atomic E-state index is -0.314. The number of halogens is 1. The molecule has 42 heavy (non-hydrogen) atoms. The van der Waals surface area contributed by atoms with Crippen LogP contribution in [0.2, 0.25) is 0 Å². The van der Waals surface area contributed by atoms with E-state index in [9.17, 15) is 14.0 Å². The Labute approximate surface area is 250 Å². The zero-order valence-corrected chi connectivity index (χ0v) is 25.0. The Morgan fingerprint density at radius 3 is 2.40 bits per heavy atom. The molecule has 6 rings (SSSR count). The topological polar surface area (TPSA) is 58.4 Å². The number of aromatic nitrogens is 2. The van der Waals surface area contributed by atoms with Crippen molar-refractivity contribution in [1.29, 1.82) is 0 Å². The van der Waals surface area contributed by atoms with Crippen LogP contribution in [0.4, 0.5) is 10.2 Å². The Bertz CT molecular complexity index is 1610. The maximum absolute atomic E-state index is 14.0. The van der Waals surface area contributed by atoms with E-state index in [0.29, 0.717) is 24.8 Å². The number of rotatable bonds is 5. The number of likely N-dealkylation sites (tertiary alicyclic amines) is 1. The Kier molecular flexibility index (Phi) is 7.90. The Morgan fingerprint density at radius 1 is 0.976 bits per heavy atom. The van der Waals surface area contributed by atoms with Crippen molar-refractivity contribution in [3.8, 4) is 16.9 Å². The summed E-state index contributed by atoms with van der Waals surface area (Å²) in [4.78, 5) is 31.3. The molecule has 1 atom stereocenters. The molecule has 0 spiro atoms. The van der Waals surface area contributed by atoms with Gasteiger partial charge in [-0.25, -0.2) is 9.07 Å². The van der Waals surface area contributed by atoms with Crippen molar-refractivity contribution < 1.29 is 14.0 Å². The standard InChI is InChI=1S/C34H35FN4O2S/c1-22-16-18-37(19-17-22)29(40)20-38-30(41)21-42-33(26-12-14-27(35)15-13-26)31-32(25-9-5-4-6-10-25)36-39(34(31)38)28-11-7-8-23(2)24(28)3/h4-15,22,33H,16-21H2,1-3H3/t33-/m1/s1. The molecule has 6 nitrogen and oxygen atoms in total. The number of thioether (sulfide) groups is 1. The van der Waals surface area contributed by atoms with Crippen molar-refractivity contribution in [2.75, 3.05) is 30.3 Å². The van der Waals surface area contributed by atoms with Crippen LogP contribution in [0.3, 0.4) is 0 Å². The van der Waals surface area contributed by atoms with Gasteiger partial charge in [0.15, 0.2) is 0 Å². The van der Waals surface area contributed by atoms with Crippen LogP contribution in [0, 0.1) is 25.6 Å². The number of carbonyl (C=O) groups is 2. The third-order valence-corrected chi connectivity index (χ3v) is 9.80. The van der Waals surface area contributed by atoms with Crippen molar-refractivity contribution in [3.05, 3.63) is 101 Å². The summed E-state index contributed by atoms with van der Waals surface area (Å²) in [6.45, 7) is 7.67. The van der Waals surface area contributed by atoms with Crippen LogP contribution in [0.5, 0.6) is 0 Å². The molecule has 0 saturated carbocycles. The molecule has 0 aliphatic carbocycles. The second-order valence-electron chi connectivity index (χ2n) is 11.4. The monoisotopic (exact) mass is 582 g/mol. The van der Waals surface area contributed by atoms with E-state index in [1.807, 2.05) is 52.0 Å². The highest BCUT2D eigenvalue weighted by atomic mass is 32.2. The highest BCUT2D eigenvalue weighted by Gasteiger charge is 2.38. The minimum Gasteiger partial charge on any atom is -0.341 e. The Morgan fingerprint density at radius 2 is 1.69 bits per heavy atom. The van der Waals surface area contributed by atoms with Crippen LogP contribution in [-0.2, 0) is 9.59 Å². The summed E-state index contributed by atoms with van der Waals surface area (Å²) in [5.41, 5.74) is 6.39. The fourth-order valence-electron chi connectivity index (χ4n) is 5.86. The third-order valence-electron chi connectivity index (χ3n) is 8.54. The highest BCUT2D eigenvalue weighted by Crippen LogP contribution is 2.48. The van der Waals surface area contributed by atoms with Crippen molar-refractivity contribution >= 4 is 29.4 Å². The number of carbonyl (C=O) groups excluding carboxylic acids is 2. The first kappa shape index (κ1) is 28.2. The molecule has 0 unspecified atom stereocenters. The van der Waals surface area contributed by atoms with Gasteiger partial charge >= 0.3 is 0 Å². The summed E-state index contributed by atoms with van der Waals surface area (Å²) in [5.74, 6) is 0.864. The molecule has 0 N–H and O–H groups in total. The van der Waals surface area contributed by atoms with Crippen LogP contribution in [0.1, 0.15) is 47.3 Å². The molecule has 1 fully saturated rings. The number of aryl methyl sites for hydroxylation is 1. The largest absolute Gasteiger partial charge is 0.341 e. The summed E-state index contributed by atoms with van der Waals surface area (Å²) in [7, 11) is 0. The zero-order chi connectivity index (χ0) is 29.4. The van der Waals surface area contributed by atoms with Crippen LogP contribution in [0.25, 0.3) is 16.9 Å². The quantitative estimate of drug-likeness (QED) is 0.262. The normalized spacial score (nSPS) is 17.7. The maximum atomic E-state index is 14.0. The first-order chi connectivity index (χ1) is 20.3. The summed E-state index contributed by atoms with van der Waals surface area (Å²) >= 11 is 1.49. The van der Waals surface area contributed by atoms with E-state index >= 15 is 0 Å². The van der Waals surface area contributed by atoms with Crippen LogP contribution in [-0.4, -0.2) is 51.9 Å². The van der Waals surface area contributed by atoms with E-state index in [1.165, 1.54) is 23.9 Å². The first-order valence-electron chi connectivity index (χ1n) is 14.5. The molecule has 2 amide bonds. The van der Waals surface area contributed by atoms with E-state index in [0.717, 1.165) is 52.0 Å². The lowest BCUT2D eigenvalue weighted by molar-refractivity contribution is -0.132. The number of hydrogen-bond donors (Lipinski definition) is 0. The number of benzene rings is 3. The van der Waals surface area contributed by atoms with E-state index in [2.05, 4.69) is 26.8 Å². The van der Waals surface area contributed by atoms with Crippen LogP contribution < -0.4 is 4.90 Å². The average molecular weight is 583 g/mol. The molecule has 3 aromatic carbocycles. The molecule has 1 saturated heterocycles. The van der Waals surface area contributed by atoms with Gasteiger partial charge in [-0.2, -0.15) is 5.10 Å². The Hall–Kier alpha value is -3.91. The minimum absolute atomic E-state index is 0.0539. The van der Waals surface area contributed by atoms with Gasteiger partial charge in [-0.3, -0.25) is 14.5 Å². The van der Waals surface area contributed by atoms with Crippen molar-refractivity contribution in [2.24, 2.45) is 5.92 Å². The molecule has 3 heterocycles. The van der Waals surface area contributed by atoms with E-state index < -0.39 is 0 Å². The van der Waals surface area contributed by atoms with Gasteiger partial charge in [-0.05, 0) is 67.5 Å². The van der Waals surface area contributed by atoms with Crippen molar-refractivity contribution in [1.82, 2.24) is 14.7 Å². The SMILES string of the molecule is Cc1cccc(-n2nc(-c3ccccc3)c3c2N(CC(=O)N2CCC(C)CC2)C(=O)CS[C@@H]3c2ccc(F)cc2)c1C. The number of nitrogens with zero attached hydrogens (tertiary/aromatic N) is 4. The van der Waals surface area contributed by atoms with Gasteiger partial charge in [0.25, 0.3) is 0 Å². The molecular formula is C34H35FN4O2S. The number of amides is 2. The molecule has 2 aliphatic heterocycles. The Balaban J connectivity index is 1.58. The highest BCUT2D eigenvalue weighted by molar-refractivity contribution is 8.00.